The van der Waals surface area contributed by atoms with E-state index in [2.05, 4.69) is 58.2 Å². The first-order valence-electron chi connectivity index (χ1n) is 24.7. The van der Waals surface area contributed by atoms with Gasteiger partial charge in [0.15, 0.2) is 23.0 Å². The van der Waals surface area contributed by atoms with Crippen LogP contribution in [0.25, 0.3) is 43.1 Å². The zero-order valence-corrected chi connectivity index (χ0v) is 42.7. The fourth-order valence-corrected chi connectivity index (χ4v) is 10.8. The van der Waals surface area contributed by atoms with Gasteiger partial charge < -0.3 is 18.9 Å². The molecule has 74 heavy (non-hydrogen) atoms. The lowest BCUT2D eigenvalue weighted by Crippen LogP contribution is -2.25. The molecule has 4 aliphatic rings. The van der Waals surface area contributed by atoms with Gasteiger partial charge in [-0.05, 0) is 167 Å². The number of esters is 4. The normalized spacial score (nSPS) is 16.8. The summed E-state index contributed by atoms with van der Waals surface area (Å²) in [5.41, 5.74) is 28.9. The van der Waals surface area contributed by atoms with E-state index in [9.17, 15) is 19.2 Å². The average molecular weight is 1040 g/mol. The lowest BCUT2D eigenvalue weighted by atomic mass is 9.67. The maximum absolute atomic E-state index is 13.1. The van der Waals surface area contributed by atoms with Crippen LogP contribution in [0.1, 0.15) is 118 Å². The minimum atomic E-state index is -0.520. The van der Waals surface area contributed by atoms with Gasteiger partial charge in [0, 0.05) is 46.9 Å². The first-order valence-corrected chi connectivity index (χ1v) is 24.7. The summed E-state index contributed by atoms with van der Waals surface area (Å²) < 4.78 is 23.4. The molecule has 4 aliphatic carbocycles. The van der Waals surface area contributed by atoms with Crippen molar-refractivity contribution in [2.75, 3.05) is 13.1 Å². The van der Waals surface area contributed by atoms with Gasteiger partial charge >= 0.3 is 23.9 Å². The standard InChI is InChI=1S/2C29H27N3O4.2ClH/c1-18-12-13-19-9-5-10-22-26(19)23(18)17-21-14-15-24(35-29(34)20-7-3-2-4-8-20)28(27(21)22)36-25(33)11-6-16-31-32-30;1-18-12-13-19-9-5-10-22-26(19)23(18)17-21-14-15-24(35-25(33)11-6-16-31-32-30)28(27(21)22)36-29(34)20-7-3-2-4-8-20;;/h2*2-5,7-10,14-15,18,23H,6,11-13,16-17H2,1H3;2*1H/t2*18?,23-;;/m00../s1. The van der Waals surface area contributed by atoms with Gasteiger partial charge in [-0.3, -0.25) is 9.59 Å². The van der Waals surface area contributed by atoms with Crippen molar-refractivity contribution in [3.63, 3.8) is 0 Å². The molecule has 380 valence electrons. The second-order valence-electron chi connectivity index (χ2n) is 18.8. The largest absolute Gasteiger partial charge is 0.422 e. The Morgan fingerprint density at radius 1 is 0.514 bits per heavy atom. The Morgan fingerprint density at radius 3 is 1.42 bits per heavy atom. The minimum absolute atomic E-state index is 0. The van der Waals surface area contributed by atoms with E-state index < -0.39 is 23.9 Å². The molecule has 6 aromatic rings. The van der Waals surface area contributed by atoms with Gasteiger partial charge in [-0.1, -0.05) is 109 Å². The summed E-state index contributed by atoms with van der Waals surface area (Å²) in [5.74, 6) is 0.921. The fourth-order valence-electron chi connectivity index (χ4n) is 10.8. The highest BCUT2D eigenvalue weighted by Gasteiger charge is 2.38. The number of aryl methyl sites for hydroxylation is 2. The van der Waals surface area contributed by atoms with Gasteiger partial charge in [0.1, 0.15) is 0 Å². The summed E-state index contributed by atoms with van der Waals surface area (Å²) in [5, 5.41) is 6.95. The molecule has 6 aromatic carbocycles. The minimum Gasteiger partial charge on any atom is -0.422 e. The Bertz CT molecular complexity index is 3160. The quantitative estimate of drug-likeness (QED) is 0.0256. The molecule has 0 aliphatic heterocycles. The summed E-state index contributed by atoms with van der Waals surface area (Å²) in [4.78, 5) is 56.9. The second-order valence-corrected chi connectivity index (χ2v) is 18.8. The topological polar surface area (TPSA) is 203 Å². The molecule has 10 rings (SSSR count). The maximum atomic E-state index is 13.1. The smallest absolute Gasteiger partial charge is 0.343 e. The zero-order valence-electron chi connectivity index (χ0n) is 41.1. The summed E-state index contributed by atoms with van der Waals surface area (Å²) in [6.45, 7) is 5.02. The van der Waals surface area contributed by atoms with E-state index in [1.54, 1.807) is 60.7 Å². The highest BCUT2D eigenvalue weighted by molar-refractivity contribution is 5.95. The molecule has 0 bridgehead atoms. The van der Waals surface area contributed by atoms with Crippen LogP contribution in [-0.4, -0.2) is 37.0 Å². The lowest BCUT2D eigenvalue weighted by molar-refractivity contribution is -0.135. The molecule has 0 radical (unpaired) electrons. The number of hydrogen-bond donors (Lipinski definition) is 0. The predicted molar refractivity (Wildman–Crippen MR) is 287 cm³/mol. The Morgan fingerprint density at radius 2 is 0.946 bits per heavy atom. The Hall–Kier alpha value is -7.60. The molecule has 0 amide bonds. The van der Waals surface area contributed by atoms with Crippen molar-refractivity contribution in [1.82, 2.24) is 0 Å². The molecule has 0 saturated heterocycles. The van der Waals surface area contributed by atoms with Crippen LogP contribution in [0, 0.1) is 11.8 Å². The van der Waals surface area contributed by atoms with Gasteiger partial charge in [0.2, 0.25) is 0 Å². The average Bonchev–Trinajstić information content (AvgIpc) is 3.40. The number of halogens is 2. The van der Waals surface area contributed by atoms with Crippen LogP contribution in [0.5, 0.6) is 23.0 Å². The third kappa shape index (κ3) is 11.8. The highest BCUT2D eigenvalue weighted by atomic mass is 35.5. The van der Waals surface area contributed by atoms with E-state index in [-0.39, 0.29) is 73.7 Å². The van der Waals surface area contributed by atoms with E-state index >= 15 is 0 Å². The molecule has 2 unspecified atom stereocenters. The van der Waals surface area contributed by atoms with Crippen LogP contribution < -0.4 is 18.9 Å². The summed E-state index contributed by atoms with van der Waals surface area (Å²) >= 11 is 0. The summed E-state index contributed by atoms with van der Waals surface area (Å²) in [6.07, 6.45) is 6.95. The molecule has 0 heterocycles. The summed E-state index contributed by atoms with van der Waals surface area (Å²) in [7, 11) is 0. The number of ether oxygens (including phenoxy) is 4. The predicted octanol–water partition coefficient (Wildman–Crippen LogP) is 14.4. The molecule has 0 saturated carbocycles. The zero-order chi connectivity index (χ0) is 50.1. The third-order valence-corrected chi connectivity index (χ3v) is 14.3. The first kappa shape index (κ1) is 54.2. The number of rotatable bonds is 14. The van der Waals surface area contributed by atoms with Crippen LogP contribution in [0.2, 0.25) is 0 Å². The molecule has 0 aromatic heterocycles. The van der Waals surface area contributed by atoms with Crippen molar-refractivity contribution in [1.29, 1.82) is 0 Å². The van der Waals surface area contributed by atoms with Gasteiger partial charge in [0.05, 0.1) is 11.1 Å². The molecule has 4 atom stereocenters. The fraction of sp³-hybridized carbons (Fsp3) is 0.310. The molecular weight excluding hydrogens is 980 g/mol. The number of azide groups is 2. The molecule has 16 heteroatoms. The van der Waals surface area contributed by atoms with Crippen molar-refractivity contribution in [2.24, 2.45) is 22.1 Å². The number of hydrogen-bond acceptors (Lipinski definition) is 10. The number of carbonyl (C=O) groups is 4. The van der Waals surface area contributed by atoms with Crippen molar-refractivity contribution in [3.05, 3.63) is 187 Å². The van der Waals surface area contributed by atoms with Gasteiger partial charge in [-0.15, -0.1) is 24.8 Å². The van der Waals surface area contributed by atoms with Gasteiger partial charge in [-0.2, -0.15) is 0 Å². The van der Waals surface area contributed by atoms with E-state index in [1.807, 2.05) is 36.4 Å². The number of nitrogens with zero attached hydrogens (tertiary/aromatic N) is 6. The molecule has 0 spiro atoms. The molecule has 14 nitrogen and oxygen atoms in total. The van der Waals surface area contributed by atoms with E-state index in [1.165, 1.54) is 22.3 Å². The lowest BCUT2D eigenvalue weighted by Gasteiger charge is -2.38. The summed E-state index contributed by atoms with van der Waals surface area (Å²) in [6, 6.07) is 37.5. The monoisotopic (exact) mass is 1030 g/mol. The third-order valence-electron chi connectivity index (χ3n) is 14.3. The van der Waals surface area contributed by atoms with Gasteiger partial charge in [-0.25, -0.2) is 9.59 Å². The number of carbonyl (C=O) groups excluding carboxylic acids is 4. The first-order chi connectivity index (χ1) is 35.1. The maximum Gasteiger partial charge on any atom is 0.343 e. The Kier molecular flexibility index (Phi) is 18.2. The van der Waals surface area contributed by atoms with E-state index in [4.69, 9.17) is 30.0 Å². The second kappa shape index (κ2) is 24.9. The van der Waals surface area contributed by atoms with E-state index in [0.29, 0.717) is 47.6 Å². The van der Waals surface area contributed by atoms with Crippen molar-refractivity contribution < 1.29 is 38.1 Å². The molecule has 0 N–H and O–H groups in total. The Balaban J connectivity index is 0.000000211. The number of fused-ring (bicyclic) bond motifs is 4. The Labute approximate surface area is 441 Å². The van der Waals surface area contributed by atoms with Crippen LogP contribution in [0.3, 0.4) is 0 Å². The van der Waals surface area contributed by atoms with E-state index in [0.717, 1.165) is 71.9 Å². The number of benzene rings is 6. The van der Waals surface area contributed by atoms with Crippen LogP contribution in [0.15, 0.2) is 132 Å². The van der Waals surface area contributed by atoms with Crippen molar-refractivity contribution in [3.8, 4) is 45.3 Å². The molecular formula is C58H56Cl2N6O8. The molecule has 0 fully saturated rings. The van der Waals surface area contributed by atoms with Crippen molar-refractivity contribution in [2.45, 2.75) is 89.9 Å². The SMILES string of the molecule is CC1CCc2cccc3c2[C@H]1Cc1ccc(OC(=O)CCCN=[N+]=[N-])c(OC(=O)c2ccccc2)c1-3.CC1CCc2cccc3c2[C@H]1Cc1ccc(OC(=O)c2ccccc2)c(OC(=O)CCCN=[N+]=[N-])c1-3.Cl.Cl. The van der Waals surface area contributed by atoms with Crippen LogP contribution >= 0.6 is 24.8 Å². The van der Waals surface area contributed by atoms with Crippen LogP contribution in [-0.2, 0) is 35.3 Å². The van der Waals surface area contributed by atoms with Crippen molar-refractivity contribution >= 4 is 48.7 Å². The van der Waals surface area contributed by atoms with Gasteiger partial charge in [0.25, 0.3) is 0 Å². The highest BCUT2D eigenvalue weighted by Crippen LogP contribution is 2.55. The van der Waals surface area contributed by atoms with Crippen LogP contribution in [0.4, 0.5) is 0 Å².